The molecule has 110 valence electrons. The van der Waals surface area contributed by atoms with Gasteiger partial charge in [0.05, 0.1) is 4.90 Å². The fourth-order valence-corrected chi connectivity index (χ4v) is 3.74. The molecule has 0 saturated carbocycles. The van der Waals surface area contributed by atoms with Crippen LogP contribution >= 0.6 is 0 Å². The second-order valence-electron chi connectivity index (χ2n) is 5.38. The molecule has 0 radical (unpaired) electrons. The number of likely N-dealkylation sites (N-methyl/N-ethyl adjacent to an activating group) is 1. The zero-order valence-corrected chi connectivity index (χ0v) is 12.4. The topological polar surface area (TPSA) is 64.7 Å². The van der Waals surface area contributed by atoms with Gasteiger partial charge in [-0.15, -0.1) is 4.83 Å². The summed E-state index contributed by atoms with van der Waals surface area (Å²) in [4.78, 5) is 5.21. The van der Waals surface area contributed by atoms with Crippen LogP contribution in [0.3, 0.4) is 0 Å². The molecule has 1 fully saturated rings. The number of rotatable bonds is 3. The van der Waals surface area contributed by atoms with Crippen molar-refractivity contribution in [1.82, 2.24) is 14.7 Å². The van der Waals surface area contributed by atoms with Crippen molar-refractivity contribution in [3.63, 3.8) is 0 Å². The van der Waals surface area contributed by atoms with E-state index in [1.165, 1.54) is 0 Å². The molecule has 1 aromatic carbocycles. The van der Waals surface area contributed by atoms with Crippen molar-refractivity contribution in [2.75, 3.05) is 45.1 Å². The molecule has 0 spiro atoms. The molecular formula is C13H20N4O2S. The first kappa shape index (κ1) is 13.8. The van der Waals surface area contributed by atoms with Crippen LogP contribution in [0.5, 0.6) is 0 Å². The summed E-state index contributed by atoms with van der Waals surface area (Å²) >= 11 is 0. The molecule has 3 rings (SSSR count). The lowest BCUT2D eigenvalue weighted by Gasteiger charge is -2.32. The van der Waals surface area contributed by atoms with E-state index in [1.54, 1.807) is 17.1 Å². The third kappa shape index (κ3) is 2.80. The maximum Gasteiger partial charge on any atom is 0.253 e. The summed E-state index contributed by atoms with van der Waals surface area (Å²) in [6, 6.07) is 5.28. The summed E-state index contributed by atoms with van der Waals surface area (Å²) in [6.07, 6.45) is 0.882. The van der Waals surface area contributed by atoms with E-state index < -0.39 is 10.0 Å². The van der Waals surface area contributed by atoms with E-state index in [0.717, 1.165) is 37.3 Å². The molecule has 1 aromatic rings. The molecule has 0 bridgehead atoms. The lowest BCUT2D eigenvalue weighted by molar-refractivity contribution is 0.135. The number of anilines is 1. The van der Waals surface area contributed by atoms with Crippen molar-refractivity contribution in [2.45, 2.75) is 11.3 Å². The molecule has 2 aliphatic rings. The largest absolute Gasteiger partial charge is 0.384 e. The van der Waals surface area contributed by atoms with Crippen molar-refractivity contribution in [3.8, 4) is 0 Å². The highest BCUT2D eigenvalue weighted by Gasteiger charge is 2.22. The standard InChI is InChI=1S/C13H20N4O2S/c1-16-6-8-17(9-7-16)15-20(18,19)12-2-3-13-11(10-12)4-5-14-13/h2-3,10,14-15H,4-9H2,1H3. The van der Waals surface area contributed by atoms with E-state index in [-0.39, 0.29) is 0 Å². The lowest BCUT2D eigenvalue weighted by Crippen LogP contribution is -2.52. The Bertz CT molecular complexity index is 594. The van der Waals surface area contributed by atoms with Crippen LogP contribution in [0.2, 0.25) is 0 Å². The van der Waals surface area contributed by atoms with Crippen LogP contribution < -0.4 is 10.1 Å². The quantitative estimate of drug-likeness (QED) is 0.828. The zero-order valence-electron chi connectivity index (χ0n) is 11.6. The molecule has 20 heavy (non-hydrogen) atoms. The van der Waals surface area contributed by atoms with E-state index in [0.29, 0.717) is 18.0 Å². The SMILES string of the molecule is CN1CCN(NS(=O)(=O)c2ccc3c(c2)CCN3)CC1. The smallest absolute Gasteiger partial charge is 0.253 e. The van der Waals surface area contributed by atoms with E-state index in [4.69, 9.17) is 0 Å². The van der Waals surface area contributed by atoms with Gasteiger partial charge in [0, 0.05) is 38.4 Å². The molecule has 2 aliphatic heterocycles. The van der Waals surface area contributed by atoms with Gasteiger partial charge in [-0.05, 0) is 37.2 Å². The molecule has 0 aromatic heterocycles. The van der Waals surface area contributed by atoms with Crippen LogP contribution in [0.15, 0.2) is 23.1 Å². The van der Waals surface area contributed by atoms with Gasteiger partial charge in [0.2, 0.25) is 0 Å². The number of fused-ring (bicyclic) bond motifs is 1. The highest BCUT2D eigenvalue weighted by atomic mass is 32.2. The Kier molecular flexibility index (Phi) is 3.68. The van der Waals surface area contributed by atoms with E-state index in [9.17, 15) is 8.42 Å². The molecule has 2 N–H and O–H groups in total. The molecule has 0 unspecified atom stereocenters. The van der Waals surface area contributed by atoms with E-state index in [1.807, 2.05) is 13.1 Å². The van der Waals surface area contributed by atoms with Gasteiger partial charge in [0.1, 0.15) is 0 Å². The summed E-state index contributed by atoms with van der Waals surface area (Å²) < 4.78 is 24.8. The van der Waals surface area contributed by atoms with Crippen LogP contribution in [0.25, 0.3) is 0 Å². The van der Waals surface area contributed by atoms with Crippen LogP contribution in [0.1, 0.15) is 5.56 Å². The van der Waals surface area contributed by atoms with Crippen molar-refractivity contribution in [3.05, 3.63) is 23.8 Å². The minimum atomic E-state index is -3.47. The first-order valence-corrected chi connectivity index (χ1v) is 8.36. The Morgan fingerprint density at radius 1 is 1.20 bits per heavy atom. The molecule has 0 atom stereocenters. The average molecular weight is 296 g/mol. The van der Waals surface area contributed by atoms with Gasteiger partial charge in [-0.25, -0.2) is 13.4 Å². The first-order chi connectivity index (χ1) is 9.54. The van der Waals surface area contributed by atoms with Crippen molar-refractivity contribution in [1.29, 1.82) is 0 Å². The molecule has 0 amide bonds. The number of sulfonamides is 1. The number of benzene rings is 1. The van der Waals surface area contributed by atoms with Crippen molar-refractivity contribution >= 4 is 15.7 Å². The Morgan fingerprint density at radius 2 is 1.95 bits per heavy atom. The van der Waals surface area contributed by atoms with Crippen molar-refractivity contribution in [2.24, 2.45) is 0 Å². The Hall–Kier alpha value is -1.15. The van der Waals surface area contributed by atoms with Crippen LogP contribution in [-0.2, 0) is 16.4 Å². The maximum atomic E-state index is 12.4. The fourth-order valence-electron chi connectivity index (χ4n) is 2.57. The Morgan fingerprint density at radius 3 is 2.70 bits per heavy atom. The first-order valence-electron chi connectivity index (χ1n) is 6.87. The number of nitrogens with one attached hydrogen (secondary N) is 2. The monoisotopic (exact) mass is 296 g/mol. The Balaban J connectivity index is 1.75. The molecule has 1 saturated heterocycles. The summed E-state index contributed by atoms with van der Waals surface area (Å²) in [6.45, 7) is 4.04. The van der Waals surface area contributed by atoms with Crippen molar-refractivity contribution < 1.29 is 8.42 Å². The normalized spacial score (nSPS) is 20.6. The summed E-state index contributed by atoms with van der Waals surface area (Å²) in [5.41, 5.74) is 2.12. The highest BCUT2D eigenvalue weighted by Crippen LogP contribution is 2.25. The molecule has 7 heteroatoms. The zero-order chi connectivity index (χ0) is 14.2. The molecule has 6 nitrogen and oxygen atoms in total. The lowest BCUT2D eigenvalue weighted by atomic mass is 10.2. The van der Waals surface area contributed by atoms with E-state index >= 15 is 0 Å². The second kappa shape index (κ2) is 5.33. The molecule has 0 aliphatic carbocycles. The van der Waals surface area contributed by atoms with Crippen LogP contribution in [-0.4, -0.2) is 58.1 Å². The third-order valence-corrected chi connectivity index (χ3v) is 5.22. The molecular weight excluding hydrogens is 276 g/mol. The number of hydrogen-bond acceptors (Lipinski definition) is 5. The maximum absolute atomic E-state index is 12.4. The van der Waals surface area contributed by atoms with Gasteiger partial charge < -0.3 is 10.2 Å². The number of nitrogens with zero attached hydrogens (tertiary/aromatic N) is 2. The predicted octanol–water partition coefficient (Wildman–Crippen LogP) is 0.0953. The number of piperazine rings is 1. The second-order valence-corrected chi connectivity index (χ2v) is 7.04. The minimum Gasteiger partial charge on any atom is -0.384 e. The van der Waals surface area contributed by atoms with Crippen LogP contribution in [0.4, 0.5) is 5.69 Å². The van der Waals surface area contributed by atoms with E-state index in [2.05, 4.69) is 15.0 Å². The molecule has 2 heterocycles. The van der Waals surface area contributed by atoms with Gasteiger partial charge in [0.25, 0.3) is 10.0 Å². The van der Waals surface area contributed by atoms with Gasteiger partial charge in [-0.2, -0.15) is 0 Å². The van der Waals surface area contributed by atoms with Gasteiger partial charge in [0.15, 0.2) is 0 Å². The minimum absolute atomic E-state index is 0.346. The number of hydrazine groups is 1. The van der Waals surface area contributed by atoms with Gasteiger partial charge in [-0.3, -0.25) is 0 Å². The summed E-state index contributed by atoms with van der Waals surface area (Å²) in [7, 11) is -1.43. The van der Waals surface area contributed by atoms with Crippen LogP contribution in [0, 0.1) is 0 Å². The summed E-state index contributed by atoms with van der Waals surface area (Å²) in [5, 5.41) is 5.01. The number of hydrogen-bond donors (Lipinski definition) is 2. The highest BCUT2D eigenvalue weighted by molar-refractivity contribution is 7.89. The van der Waals surface area contributed by atoms with Gasteiger partial charge >= 0.3 is 0 Å². The summed E-state index contributed by atoms with van der Waals surface area (Å²) in [5.74, 6) is 0. The Labute approximate surface area is 119 Å². The van der Waals surface area contributed by atoms with Gasteiger partial charge in [-0.1, -0.05) is 0 Å². The average Bonchev–Trinajstić information content (AvgIpc) is 2.88. The predicted molar refractivity (Wildman–Crippen MR) is 78.0 cm³/mol. The fraction of sp³-hybridized carbons (Fsp3) is 0.538. The third-order valence-electron chi connectivity index (χ3n) is 3.85.